The molecule has 2 N–H and O–H groups in total. The Labute approximate surface area is 114 Å². The van der Waals surface area contributed by atoms with Crippen molar-refractivity contribution in [3.63, 3.8) is 0 Å². The average Bonchev–Trinajstić information content (AvgIpc) is 3.20. The molecule has 0 bridgehead atoms. The van der Waals surface area contributed by atoms with Gasteiger partial charge in [0.25, 0.3) is 5.91 Å². The lowest BCUT2D eigenvalue weighted by Gasteiger charge is -2.15. The van der Waals surface area contributed by atoms with Gasteiger partial charge in [-0.1, -0.05) is 0 Å². The van der Waals surface area contributed by atoms with E-state index in [2.05, 4.69) is 15.5 Å². The SMILES string of the molecule is CNc1ccc(C(=O)NC2CCN(C3CC3)C2)cc1. The van der Waals surface area contributed by atoms with Crippen molar-refractivity contribution in [3.05, 3.63) is 29.8 Å². The summed E-state index contributed by atoms with van der Waals surface area (Å²) in [7, 11) is 1.88. The molecular formula is C15H21N3O. The molecule has 2 aliphatic rings. The van der Waals surface area contributed by atoms with Gasteiger partial charge < -0.3 is 10.6 Å². The maximum absolute atomic E-state index is 12.1. The van der Waals surface area contributed by atoms with Crippen LogP contribution in [0.3, 0.4) is 0 Å². The van der Waals surface area contributed by atoms with Crippen molar-refractivity contribution in [3.8, 4) is 0 Å². The van der Waals surface area contributed by atoms with Gasteiger partial charge in [-0.05, 0) is 43.5 Å². The normalized spacial score (nSPS) is 23.3. The lowest BCUT2D eigenvalue weighted by molar-refractivity contribution is 0.0937. The second-order valence-electron chi connectivity index (χ2n) is 5.51. The molecule has 1 amide bonds. The second-order valence-corrected chi connectivity index (χ2v) is 5.51. The van der Waals surface area contributed by atoms with Crippen LogP contribution in [0.2, 0.25) is 0 Å². The predicted octanol–water partition coefficient (Wildman–Crippen LogP) is 1.69. The Morgan fingerprint density at radius 2 is 1.95 bits per heavy atom. The van der Waals surface area contributed by atoms with E-state index >= 15 is 0 Å². The number of anilines is 1. The molecule has 1 aromatic rings. The first kappa shape index (κ1) is 12.5. The Morgan fingerprint density at radius 1 is 1.21 bits per heavy atom. The quantitative estimate of drug-likeness (QED) is 0.865. The van der Waals surface area contributed by atoms with Crippen LogP contribution in [0.1, 0.15) is 29.6 Å². The van der Waals surface area contributed by atoms with Crippen molar-refractivity contribution >= 4 is 11.6 Å². The summed E-state index contributed by atoms with van der Waals surface area (Å²) in [6.07, 6.45) is 3.76. The highest BCUT2D eigenvalue weighted by Gasteiger charge is 2.34. The molecule has 1 aliphatic carbocycles. The molecule has 1 saturated heterocycles. The second kappa shape index (κ2) is 5.21. The van der Waals surface area contributed by atoms with Crippen molar-refractivity contribution < 1.29 is 4.79 Å². The van der Waals surface area contributed by atoms with Crippen LogP contribution in [0.5, 0.6) is 0 Å². The van der Waals surface area contributed by atoms with Gasteiger partial charge in [0.1, 0.15) is 0 Å². The number of benzene rings is 1. The zero-order valence-electron chi connectivity index (χ0n) is 11.4. The number of amides is 1. The Morgan fingerprint density at radius 3 is 2.58 bits per heavy atom. The van der Waals surface area contributed by atoms with Crippen LogP contribution in [0, 0.1) is 0 Å². The van der Waals surface area contributed by atoms with Gasteiger partial charge in [0.2, 0.25) is 0 Å². The van der Waals surface area contributed by atoms with Crippen LogP contribution in [0.25, 0.3) is 0 Å². The highest BCUT2D eigenvalue weighted by Crippen LogP contribution is 2.29. The Kier molecular flexibility index (Phi) is 3.42. The molecule has 1 saturated carbocycles. The molecule has 19 heavy (non-hydrogen) atoms. The molecule has 1 atom stereocenters. The number of likely N-dealkylation sites (tertiary alicyclic amines) is 1. The fourth-order valence-electron chi connectivity index (χ4n) is 2.73. The summed E-state index contributed by atoms with van der Waals surface area (Å²) in [6, 6.07) is 8.72. The van der Waals surface area contributed by atoms with Crippen molar-refractivity contribution in [2.45, 2.75) is 31.3 Å². The van der Waals surface area contributed by atoms with Gasteiger partial charge in [0.05, 0.1) is 0 Å². The maximum Gasteiger partial charge on any atom is 0.251 e. The molecular weight excluding hydrogens is 238 g/mol. The van der Waals surface area contributed by atoms with E-state index in [-0.39, 0.29) is 5.91 Å². The molecule has 0 radical (unpaired) electrons. The summed E-state index contributed by atoms with van der Waals surface area (Å²) in [5.74, 6) is 0.0466. The van der Waals surface area contributed by atoms with E-state index in [1.807, 2.05) is 31.3 Å². The molecule has 3 rings (SSSR count). The van der Waals surface area contributed by atoms with Gasteiger partial charge in [-0.25, -0.2) is 0 Å². The summed E-state index contributed by atoms with van der Waals surface area (Å²) < 4.78 is 0. The van der Waals surface area contributed by atoms with Crippen LogP contribution in [0.4, 0.5) is 5.69 Å². The minimum atomic E-state index is 0.0466. The van der Waals surface area contributed by atoms with E-state index in [1.165, 1.54) is 12.8 Å². The average molecular weight is 259 g/mol. The summed E-state index contributed by atoms with van der Waals surface area (Å²) in [5.41, 5.74) is 1.76. The summed E-state index contributed by atoms with van der Waals surface area (Å²) in [5, 5.41) is 6.20. The third kappa shape index (κ3) is 2.89. The lowest BCUT2D eigenvalue weighted by atomic mass is 10.1. The standard InChI is InChI=1S/C15H21N3O/c1-16-12-4-2-11(3-5-12)15(19)17-13-8-9-18(10-13)14-6-7-14/h2-5,13-14,16H,6-10H2,1H3,(H,17,19). The van der Waals surface area contributed by atoms with E-state index < -0.39 is 0 Å². The van der Waals surface area contributed by atoms with Gasteiger partial charge in [0, 0.05) is 43.5 Å². The largest absolute Gasteiger partial charge is 0.388 e. The molecule has 4 nitrogen and oxygen atoms in total. The molecule has 0 spiro atoms. The molecule has 1 aliphatic heterocycles. The van der Waals surface area contributed by atoms with Crippen LogP contribution < -0.4 is 10.6 Å². The predicted molar refractivity (Wildman–Crippen MR) is 76.5 cm³/mol. The van der Waals surface area contributed by atoms with Crippen molar-refractivity contribution in [2.75, 3.05) is 25.5 Å². The van der Waals surface area contributed by atoms with E-state index in [4.69, 9.17) is 0 Å². The van der Waals surface area contributed by atoms with Gasteiger partial charge in [-0.15, -0.1) is 0 Å². The van der Waals surface area contributed by atoms with Crippen molar-refractivity contribution in [2.24, 2.45) is 0 Å². The molecule has 0 aromatic heterocycles. The molecule has 1 unspecified atom stereocenters. The smallest absolute Gasteiger partial charge is 0.251 e. The Bertz CT molecular complexity index is 453. The summed E-state index contributed by atoms with van der Waals surface area (Å²) in [6.45, 7) is 2.15. The third-order valence-electron chi connectivity index (χ3n) is 4.05. The van der Waals surface area contributed by atoms with E-state index in [0.29, 0.717) is 6.04 Å². The Hall–Kier alpha value is -1.55. The van der Waals surface area contributed by atoms with Gasteiger partial charge in [-0.3, -0.25) is 9.69 Å². The Balaban J connectivity index is 1.55. The first-order valence-electron chi connectivity index (χ1n) is 7.09. The minimum Gasteiger partial charge on any atom is -0.388 e. The molecule has 2 fully saturated rings. The highest BCUT2D eigenvalue weighted by molar-refractivity contribution is 5.94. The zero-order chi connectivity index (χ0) is 13.2. The van der Waals surface area contributed by atoms with Gasteiger partial charge in [-0.2, -0.15) is 0 Å². The molecule has 1 heterocycles. The number of hydrogen-bond donors (Lipinski definition) is 2. The summed E-state index contributed by atoms with van der Waals surface area (Å²) in [4.78, 5) is 14.7. The monoisotopic (exact) mass is 259 g/mol. The first-order chi connectivity index (χ1) is 9.26. The number of rotatable bonds is 4. The third-order valence-corrected chi connectivity index (χ3v) is 4.05. The summed E-state index contributed by atoms with van der Waals surface area (Å²) >= 11 is 0. The van der Waals surface area contributed by atoms with E-state index in [9.17, 15) is 4.79 Å². The maximum atomic E-state index is 12.1. The molecule has 102 valence electrons. The van der Waals surface area contributed by atoms with Crippen LogP contribution in [0.15, 0.2) is 24.3 Å². The topological polar surface area (TPSA) is 44.4 Å². The number of nitrogens with one attached hydrogen (secondary N) is 2. The first-order valence-corrected chi connectivity index (χ1v) is 7.09. The minimum absolute atomic E-state index is 0.0466. The highest BCUT2D eigenvalue weighted by atomic mass is 16.1. The molecule has 1 aromatic carbocycles. The van der Waals surface area contributed by atoms with Crippen LogP contribution in [-0.2, 0) is 0 Å². The van der Waals surface area contributed by atoms with Crippen molar-refractivity contribution in [1.82, 2.24) is 10.2 Å². The zero-order valence-corrected chi connectivity index (χ0v) is 11.4. The van der Waals surface area contributed by atoms with Crippen molar-refractivity contribution in [1.29, 1.82) is 0 Å². The van der Waals surface area contributed by atoms with Gasteiger partial charge in [0.15, 0.2) is 0 Å². The molecule has 4 heteroatoms. The number of hydrogen-bond acceptors (Lipinski definition) is 3. The lowest BCUT2D eigenvalue weighted by Crippen LogP contribution is -2.37. The fraction of sp³-hybridized carbons (Fsp3) is 0.533. The van der Waals surface area contributed by atoms with Crippen LogP contribution >= 0.6 is 0 Å². The van der Waals surface area contributed by atoms with Gasteiger partial charge >= 0.3 is 0 Å². The number of nitrogens with zero attached hydrogens (tertiary/aromatic N) is 1. The van der Waals surface area contributed by atoms with E-state index in [0.717, 1.165) is 36.8 Å². The van der Waals surface area contributed by atoms with Crippen LogP contribution in [-0.4, -0.2) is 43.0 Å². The number of carbonyl (C=O) groups excluding carboxylic acids is 1. The van der Waals surface area contributed by atoms with E-state index in [1.54, 1.807) is 0 Å². The fourth-order valence-corrected chi connectivity index (χ4v) is 2.73. The number of carbonyl (C=O) groups is 1.